The van der Waals surface area contributed by atoms with E-state index in [1.54, 1.807) is 7.11 Å². The minimum absolute atomic E-state index is 0.0278. The zero-order valence-corrected chi connectivity index (χ0v) is 35.5. The van der Waals surface area contributed by atoms with Gasteiger partial charge in [-0.1, -0.05) is 47.9 Å². The summed E-state index contributed by atoms with van der Waals surface area (Å²) < 4.78 is 104. The Balaban J connectivity index is 1.12. The summed E-state index contributed by atoms with van der Waals surface area (Å²) in [7, 11) is 7.73. The molecule has 0 aromatic heterocycles. The molecule has 3 aliphatic carbocycles. The lowest BCUT2D eigenvalue weighted by Gasteiger charge is -2.50. The summed E-state index contributed by atoms with van der Waals surface area (Å²) in [6, 6.07) is 6.62. The maximum atomic E-state index is 13.6. The summed E-state index contributed by atoms with van der Waals surface area (Å²) in [5.74, 6) is 10.2. The van der Waals surface area contributed by atoms with Crippen molar-refractivity contribution in [1.82, 2.24) is 4.90 Å². The number of aryl methyl sites for hydroxylation is 1. The first-order valence-electron chi connectivity index (χ1n) is 20.6. The molecule has 7 nitrogen and oxygen atoms in total. The van der Waals surface area contributed by atoms with Crippen LogP contribution in [0.2, 0.25) is 0 Å². The van der Waals surface area contributed by atoms with Crippen LogP contribution in [0.15, 0.2) is 18.2 Å². The highest BCUT2D eigenvalue weighted by Gasteiger charge is 2.71. The average molecular weight is 845 g/mol. The van der Waals surface area contributed by atoms with Gasteiger partial charge < -0.3 is 28.7 Å². The number of ether oxygens (including phenoxy) is 4. The minimum atomic E-state index is -5.55. The smallest absolute Gasteiger partial charge is 0.426 e. The number of benzene rings is 1. The maximum absolute atomic E-state index is 13.6. The summed E-state index contributed by atoms with van der Waals surface area (Å²) in [4.78, 5) is 7.19. The second-order valence-electron chi connectivity index (χ2n) is 16.3. The van der Waals surface area contributed by atoms with Crippen molar-refractivity contribution >= 4 is 21.6 Å². The van der Waals surface area contributed by atoms with E-state index in [1.165, 1.54) is 18.1 Å². The van der Waals surface area contributed by atoms with Crippen LogP contribution in [0.3, 0.4) is 0 Å². The molecular formula is C41H66F6N2O5S2. The van der Waals surface area contributed by atoms with Crippen LogP contribution in [-0.4, -0.2) is 101 Å². The van der Waals surface area contributed by atoms with Gasteiger partial charge in [0.1, 0.15) is 5.75 Å². The minimum Gasteiger partial charge on any atom is -0.494 e. The number of fused-ring (bicyclic) bond motifs is 5. The van der Waals surface area contributed by atoms with Crippen molar-refractivity contribution in [3.05, 3.63) is 29.3 Å². The molecule has 15 heteroatoms. The third kappa shape index (κ3) is 12.5. The molecule has 6 unspecified atom stereocenters. The van der Waals surface area contributed by atoms with Crippen molar-refractivity contribution in [2.75, 3.05) is 71.8 Å². The molecule has 3 aliphatic rings. The van der Waals surface area contributed by atoms with Gasteiger partial charge in [0.15, 0.2) is 0 Å². The number of nitrogens with two attached hydrogens (primary N) is 1. The van der Waals surface area contributed by atoms with Crippen LogP contribution in [0.1, 0.15) is 108 Å². The Morgan fingerprint density at radius 2 is 1.64 bits per heavy atom. The predicted molar refractivity (Wildman–Crippen MR) is 213 cm³/mol. The van der Waals surface area contributed by atoms with E-state index in [2.05, 4.69) is 41.8 Å². The number of halogens is 6. The lowest BCUT2D eigenvalue weighted by Crippen LogP contribution is -2.58. The topological polar surface area (TPSA) is 75.4 Å². The van der Waals surface area contributed by atoms with Gasteiger partial charge in [0.2, 0.25) is 0 Å². The average Bonchev–Trinajstić information content (AvgIpc) is 3.48. The van der Waals surface area contributed by atoms with E-state index < -0.39 is 31.0 Å². The van der Waals surface area contributed by atoms with Gasteiger partial charge in [0.25, 0.3) is 5.60 Å². The number of methoxy groups -OCH3 is 1. The Labute approximate surface area is 338 Å². The van der Waals surface area contributed by atoms with E-state index in [4.69, 9.17) is 24.9 Å². The Morgan fingerprint density at radius 1 is 0.911 bits per heavy atom. The van der Waals surface area contributed by atoms with E-state index >= 15 is 0 Å². The zero-order chi connectivity index (χ0) is 40.8. The summed E-state index contributed by atoms with van der Waals surface area (Å²) in [6.45, 7) is 7.01. The Kier molecular flexibility index (Phi) is 19.3. The van der Waals surface area contributed by atoms with Crippen molar-refractivity contribution in [3.8, 4) is 5.75 Å². The molecule has 0 bridgehead atoms. The number of hydrogen-bond donors (Lipinski definition) is 1. The van der Waals surface area contributed by atoms with Crippen LogP contribution in [0.25, 0.3) is 0 Å². The molecule has 56 heavy (non-hydrogen) atoms. The molecule has 0 spiro atoms. The first kappa shape index (κ1) is 47.7. The van der Waals surface area contributed by atoms with Gasteiger partial charge >= 0.3 is 12.4 Å². The van der Waals surface area contributed by atoms with E-state index in [9.17, 15) is 26.3 Å². The van der Waals surface area contributed by atoms with Crippen molar-refractivity contribution in [2.24, 2.45) is 29.1 Å². The molecule has 6 atom stereocenters. The SMILES string of the molecule is CCCC(OCCCOC1CCC2C3CCc4cc(OCCCSSCCCN(C)CCCC(COC)CON)ccc4C3CCC12C)(C(F)(F)F)C(F)(F)F. The Morgan fingerprint density at radius 3 is 2.34 bits per heavy atom. The Bertz CT molecular complexity index is 1280. The number of alkyl halides is 6. The quantitative estimate of drug-likeness (QED) is 0.0425. The first-order valence-corrected chi connectivity index (χ1v) is 23.1. The predicted octanol–water partition coefficient (Wildman–Crippen LogP) is 10.4. The van der Waals surface area contributed by atoms with Crippen LogP contribution in [-0.2, 0) is 25.5 Å². The monoisotopic (exact) mass is 844 g/mol. The van der Waals surface area contributed by atoms with Crippen molar-refractivity contribution in [1.29, 1.82) is 0 Å². The number of rotatable bonds is 26. The van der Waals surface area contributed by atoms with E-state index in [0.717, 1.165) is 94.6 Å². The number of nitrogens with zero attached hydrogens (tertiary/aromatic N) is 1. The fourth-order valence-electron chi connectivity index (χ4n) is 9.60. The van der Waals surface area contributed by atoms with E-state index in [0.29, 0.717) is 43.5 Å². The molecule has 0 amide bonds. The summed E-state index contributed by atoms with van der Waals surface area (Å²) >= 11 is 0. The van der Waals surface area contributed by atoms with Crippen LogP contribution in [0.4, 0.5) is 26.3 Å². The van der Waals surface area contributed by atoms with Gasteiger partial charge in [0.05, 0.1) is 32.5 Å². The second-order valence-corrected chi connectivity index (χ2v) is 19.0. The molecule has 2 fully saturated rings. The normalized spacial score (nSPS) is 24.6. The third-order valence-corrected chi connectivity index (χ3v) is 15.0. The molecular weight excluding hydrogens is 779 g/mol. The molecule has 0 heterocycles. The first-order chi connectivity index (χ1) is 26.7. The molecule has 2 N–H and O–H groups in total. The molecule has 2 saturated carbocycles. The molecule has 0 saturated heterocycles. The highest BCUT2D eigenvalue weighted by atomic mass is 33.1. The number of hydrogen-bond acceptors (Lipinski definition) is 9. The summed E-state index contributed by atoms with van der Waals surface area (Å²) in [6.07, 6.45) is -2.36. The fraction of sp³-hybridized carbons (Fsp3) is 0.854. The summed E-state index contributed by atoms with van der Waals surface area (Å²) in [5.41, 5.74) is -1.40. The second kappa shape index (κ2) is 22.6. The van der Waals surface area contributed by atoms with Gasteiger partial charge in [-0.3, -0.25) is 0 Å². The van der Waals surface area contributed by atoms with Crippen LogP contribution in [0, 0.1) is 23.2 Å². The maximum Gasteiger partial charge on any atom is 0.426 e. The van der Waals surface area contributed by atoms with Crippen LogP contribution >= 0.6 is 21.6 Å². The largest absolute Gasteiger partial charge is 0.494 e. The van der Waals surface area contributed by atoms with Gasteiger partial charge in [-0.2, -0.15) is 26.3 Å². The summed E-state index contributed by atoms with van der Waals surface area (Å²) in [5, 5.41) is 0. The van der Waals surface area contributed by atoms with Gasteiger partial charge in [0, 0.05) is 31.1 Å². The van der Waals surface area contributed by atoms with Crippen molar-refractivity contribution in [2.45, 2.75) is 127 Å². The molecule has 1 aromatic carbocycles. The third-order valence-electron chi connectivity index (χ3n) is 12.5. The van der Waals surface area contributed by atoms with Gasteiger partial charge in [-0.25, -0.2) is 5.90 Å². The van der Waals surface area contributed by atoms with Crippen molar-refractivity contribution in [3.63, 3.8) is 0 Å². The van der Waals surface area contributed by atoms with E-state index in [-0.39, 0.29) is 31.0 Å². The highest BCUT2D eigenvalue weighted by Crippen LogP contribution is 2.61. The molecule has 0 radical (unpaired) electrons. The fourth-order valence-corrected chi connectivity index (χ4v) is 11.7. The highest BCUT2D eigenvalue weighted by molar-refractivity contribution is 8.76. The van der Waals surface area contributed by atoms with E-state index in [1.807, 2.05) is 21.6 Å². The van der Waals surface area contributed by atoms with Gasteiger partial charge in [-0.15, -0.1) is 0 Å². The van der Waals surface area contributed by atoms with Crippen molar-refractivity contribution < 1.29 is 50.1 Å². The molecule has 324 valence electrons. The lowest BCUT2D eigenvalue weighted by atomic mass is 9.55. The molecule has 0 aliphatic heterocycles. The van der Waals surface area contributed by atoms with Crippen LogP contribution < -0.4 is 10.6 Å². The van der Waals surface area contributed by atoms with Gasteiger partial charge in [-0.05, 0) is 144 Å². The molecule has 1 aromatic rings. The Hall–Kier alpha value is -0.940. The standard InChI is InChI=1S/C41H66F6N2O5S2/c1-5-18-39(40(42,43)44,41(45,46)47)53-24-8-22-52-37-16-15-36-35-13-11-31-27-32(12-14-33(31)34(35)17-19-38(36,37)2)51-23-9-26-56-55-25-7-21-49(3)20-6-10-30(28-50-4)29-54-48/h12,14,27,30,34-37H,5-11,13,15-26,28-29,48H2,1-4H3. The lowest BCUT2D eigenvalue weighted by molar-refractivity contribution is -0.383. The zero-order valence-electron chi connectivity index (χ0n) is 33.8. The van der Waals surface area contributed by atoms with Crippen LogP contribution in [0.5, 0.6) is 5.75 Å². The molecule has 4 rings (SSSR count).